The molecule has 0 aliphatic rings. The van der Waals surface area contributed by atoms with E-state index in [4.69, 9.17) is 4.74 Å². The summed E-state index contributed by atoms with van der Waals surface area (Å²) in [7, 11) is 0. The molecule has 0 aliphatic carbocycles. The number of rotatable bonds is 6. The Morgan fingerprint density at radius 3 is 2.75 bits per heavy atom. The molecule has 0 atom stereocenters. The molecule has 0 spiro atoms. The molecule has 2 aromatic rings. The van der Waals surface area contributed by atoms with Crippen LogP contribution in [0.1, 0.15) is 22.8 Å². The fraction of sp³-hybridized carbons (Fsp3) is 0.250. The smallest absolute Gasteiger partial charge is 0.256 e. The van der Waals surface area contributed by atoms with Gasteiger partial charge in [-0.1, -0.05) is 30.3 Å². The lowest BCUT2D eigenvalue weighted by molar-refractivity contribution is 0.0949. The average Bonchev–Trinajstić information content (AvgIpc) is 2.49. The summed E-state index contributed by atoms with van der Waals surface area (Å²) in [6.45, 7) is 2.94. The Morgan fingerprint density at radius 1 is 1.20 bits per heavy atom. The standard InChI is InChI=1S/C16H18N2O2/c1-2-20-16-14(9-6-11-18-16)15(19)17-12-10-13-7-4-3-5-8-13/h3-9,11H,2,10,12H2,1H3,(H,17,19). The summed E-state index contributed by atoms with van der Waals surface area (Å²) in [6.07, 6.45) is 2.42. The predicted molar refractivity (Wildman–Crippen MR) is 77.9 cm³/mol. The lowest BCUT2D eigenvalue weighted by atomic mass is 10.1. The van der Waals surface area contributed by atoms with Crippen LogP contribution in [0.25, 0.3) is 0 Å². The highest BCUT2D eigenvalue weighted by molar-refractivity contribution is 5.96. The summed E-state index contributed by atoms with van der Waals surface area (Å²) in [5.41, 5.74) is 1.67. The van der Waals surface area contributed by atoms with E-state index in [9.17, 15) is 4.79 Å². The number of carbonyl (C=O) groups excluding carboxylic acids is 1. The Hall–Kier alpha value is -2.36. The van der Waals surface area contributed by atoms with Crippen molar-refractivity contribution in [2.45, 2.75) is 13.3 Å². The number of ether oxygens (including phenoxy) is 1. The maximum Gasteiger partial charge on any atom is 0.256 e. The van der Waals surface area contributed by atoms with E-state index in [1.165, 1.54) is 5.56 Å². The van der Waals surface area contributed by atoms with Crippen molar-refractivity contribution in [2.75, 3.05) is 13.2 Å². The average molecular weight is 270 g/mol. The third-order valence-corrected chi connectivity index (χ3v) is 2.84. The highest BCUT2D eigenvalue weighted by Gasteiger charge is 2.12. The fourth-order valence-corrected chi connectivity index (χ4v) is 1.88. The fourth-order valence-electron chi connectivity index (χ4n) is 1.88. The molecule has 2 rings (SSSR count). The first-order chi connectivity index (χ1) is 9.81. The first-order valence-electron chi connectivity index (χ1n) is 6.71. The van der Waals surface area contributed by atoms with Crippen molar-refractivity contribution in [1.82, 2.24) is 10.3 Å². The zero-order valence-electron chi connectivity index (χ0n) is 11.5. The monoisotopic (exact) mass is 270 g/mol. The second-order valence-electron chi connectivity index (χ2n) is 4.28. The summed E-state index contributed by atoms with van der Waals surface area (Å²) in [6, 6.07) is 13.5. The Balaban J connectivity index is 1.92. The molecular weight excluding hydrogens is 252 g/mol. The van der Waals surface area contributed by atoms with Gasteiger partial charge in [0.2, 0.25) is 5.88 Å². The van der Waals surface area contributed by atoms with Gasteiger partial charge in [-0.15, -0.1) is 0 Å². The van der Waals surface area contributed by atoms with Gasteiger partial charge in [-0.2, -0.15) is 0 Å². The Kier molecular flexibility index (Phi) is 5.12. The molecule has 0 unspecified atom stereocenters. The van der Waals surface area contributed by atoms with Crippen LogP contribution >= 0.6 is 0 Å². The number of nitrogens with zero attached hydrogens (tertiary/aromatic N) is 1. The normalized spacial score (nSPS) is 10.1. The highest BCUT2D eigenvalue weighted by Crippen LogP contribution is 2.13. The second kappa shape index (κ2) is 7.28. The van der Waals surface area contributed by atoms with E-state index in [-0.39, 0.29) is 5.91 Å². The van der Waals surface area contributed by atoms with Gasteiger partial charge in [0.15, 0.2) is 0 Å². The van der Waals surface area contributed by atoms with Crippen molar-refractivity contribution < 1.29 is 9.53 Å². The highest BCUT2D eigenvalue weighted by atomic mass is 16.5. The number of nitrogens with one attached hydrogen (secondary N) is 1. The molecule has 1 amide bonds. The molecule has 4 heteroatoms. The minimum absolute atomic E-state index is 0.155. The summed E-state index contributed by atoms with van der Waals surface area (Å²) >= 11 is 0. The Bertz CT molecular complexity index is 555. The van der Waals surface area contributed by atoms with Gasteiger partial charge >= 0.3 is 0 Å². The van der Waals surface area contributed by atoms with Crippen LogP contribution in [0.4, 0.5) is 0 Å². The molecule has 1 aromatic heterocycles. The number of aromatic nitrogens is 1. The minimum atomic E-state index is -0.155. The van der Waals surface area contributed by atoms with Crippen molar-refractivity contribution in [3.05, 3.63) is 59.8 Å². The van der Waals surface area contributed by atoms with E-state index in [0.717, 1.165) is 6.42 Å². The van der Waals surface area contributed by atoms with Crippen LogP contribution in [0.2, 0.25) is 0 Å². The van der Waals surface area contributed by atoms with Crippen LogP contribution in [0, 0.1) is 0 Å². The second-order valence-corrected chi connectivity index (χ2v) is 4.28. The molecule has 1 heterocycles. The molecule has 0 radical (unpaired) electrons. The van der Waals surface area contributed by atoms with Crippen LogP contribution in [-0.4, -0.2) is 24.0 Å². The van der Waals surface area contributed by atoms with Gasteiger partial charge in [0.05, 0.1) is 6.61 Å². The minimum Gasteiger partial charge on any atom is -0.477 e. The number of hydrogen-bond donors (Lipinski definition) is 1. The van der Waals surface area contributed by atoms with Crippen LogP contribution in [0.3, 0.4) is 0 Å². The van der Waals surface area contributed by atoms with E-state index in [2.05, 4.69) is 10.3 Å². The molecular formula is C16H18N2O2. The van der Waals surface area contributed by atoms with Gasteiger partial charge < -0.3 is 10.1 Å². The molecule has 0 saturated heterocycles. The molecule has 20 heavy (non-hydrogen) atoms. The predicted octanol–water partition coefficient (Wildman–Crippen LogP) is 2.45. The molecule has 1 N–H and O–H groups in total. The molecule has 0 bridgehead atoms. The van der Waals surface area contributed by atoms with Crippen LogP contribution in [-0.2, 0) is 6.42 Å². The van der Waals surface area contributed by atoms with E-state index < -0.39 is 0 Å². The largest absolute Gasteiger partial charge is 0.477 e. The van der Waals surface area contributed by atoms with Crippen molar-refractivity contribution in [2.24, 2.45) is 0 Å². The van der Waals surface area contributed by atoms with Crippen LogP contribution < -0.4 is 10.1 Å². The topological polar surface area (TPSA) is 51.2 Å². The third kappa shape index (κ3) is 3.82. The summed E-state index contributed by atoms with van der Waals surface area (Å²) < 4.78 is 5.35. The maximum atomic E-state index is 12.1. The first kappa shape index (κ1) is 14.1. The van der Waals surface area contributed by atoms with Crippen LogP contribution in [0.15, 0.2) is 48.7 Å². The zero-order chi connectivity index (χ0) is 14.2. The Morgan fingerprint density at radius 2 is 2.00 bits per heavy atom. The third-order valence-electron chi connectivity index (χ3n) is 2.84. The zero-order valence-corrected chi connectivity index (χ0v) is 11.5. The molecule has 104 valence electrons. The molecule has 0 fully saturated rings. The van der Waals surface area contributed by atoms with Gasteiger partial charge in [-0.05, 0) is 31.0 Å². The Labute approximate surface area is 118 Å². The van der Waals surface area contributed by atoms with Gasteiger partial charge in [-0.3, -0.25) is 4.79 Å². The van der Waals surface area contributed by atoms with Crippen molar-refractivity contribution in [3.8, 4) is 5.88 Å². The van der Waals surface area contributed by atoms with Gasteiger partial charge in [-0.25, -0.2) is 4.98 Å². The van der Waals surface area contributed by atoms with Crippen LogP contribution in [0.5, 0.6) is 5.88 Å². The summed E-state index contributed by atoms with van der Waals surface area (Å²) in [5.74, 6) is 0.227. The van der Waals surface area contributed by atoms with Crippen molar-refractivity contribution in [1.29, 1.82) is 0 Å². The lowest BCUT2D eigenvalue weighted by Gasteiger charge is -2.09. The van der Waals surface area contributed by atoms with Gasteiger partial charge in [0.1, 0.15) is 5.56 Å². The van der Waals surface area contributed by atoms with Crippen molar-refractivity contribution >= 4 is 5.91 Å². The van der Waals surface area contributed by atoms with E-state index in [1.807, 2.05) is 37.3 Å². The quantitative estimate of drug-likeness (QED) is 0.877. The molecule has 4 nitrogen and oxygen atoms in total. The van der Waals surface area contributed by atoms with Gasteiger partial charge in [0.25, 0.3) is 5.91 Å². The molecule has 1 aromatic carbocycles. The van der Waals surface area contributed by atoms with E-state index in [1.54, 1.807) is 18.3 Å². The molecule has 0 aliphatic heterocycles. The van der Waals surface area contributed by atoms with Crippen molar-refractivity contribution in [3.63, 3.8) is 0 Å². The number of pyridine rings is 1. The lowest BCUT2D eigenvalue weighted by Crippen LogP contribution is -2.26. The summed E-state index contributed by atoms with van der Waals surface area (Å²) in [4.78, 5) is 16.2. The number of amides is 1. The first-order valence-corrected chi connectivity index (χ1v) is 6.71. The number of benzene rings is 1. The summed E-state index contributed by atoms with van der Waals surface area (Å²) in [5, 5.41) is 2.89. The van der Waals surface area contributed by atoms with Gasteiger partial charge in [0, 0.05) is 12.7 Å². The molecule has 0 saturated carbocycles. The van der Waals surface area contributed by atoms with E-state index >= 15 is 0 Å². The number of hydrogen-bond acceptors (Lipinski definition) is 3. The van der Waals surface area contributed by atoms with E-state index in [0.29, 0.717) is 24.6 Å². The SMILES string of the molecule is CCOc1ncccc1C(=O)NCCc1ccccc1. The maximum absolute atomic E-state index is 12.1. The number of carbonyl (C=O) groups is 1.